The predicted octanol–water partition coefficient (Wildman–Crippen LogP) is 2.83. The quantitative estimate of drug-likeness (QED) is 0.843. The number of rotatable bonds is 4. The number of aliphatic carboxylic acids is 1. The smallest absolute Gasteiger partial charge is 0.306 e. The molecule has 0 heterocycles. The van der Waals surface area contributed by atoms with Gasteiger partial charge < -0.3 is 5.11 Å². The van der Waals surface area contributed by atoms with Crippen LogP contribution in [0.3, 0.4) is 0 Å². The van der Waals surface area contributed by atoms with Crippen molar-refractivity contribution in [3.63, 3.8) is 0 Å². The maximum Gasteiger partial charge on any atom is 0.306 e. The summed E-state index contributed by atoms with van der Waals surface area (Å²) < 4.78 is 0. The van der Waals surface area contributed by atoms with Gasteiger partial charge in [0.15, 0.2) is 0 Å². The predicted molar refractivity (Wildman–Crippen MR) is 63.6 cm³/mol. The first-order valence-corrected chi connectivity index (χ1v) is 6.04. The van der Waals surface area contributed by atoms with Crippen LogP contribution in [-0.2, 0) is 24.1 Å². The van der Waals surface area contributed by atoms with Crippen molar-refractivity contribution < 1.29 is 9.90 Å². The molecule has 2 nitrogen and oxygen atoms in total. The van der Waals surface area contributed by atoms with E-state index in [0.717, 1.165) is 6.42 Å². The summed E-state index contributed by atoms with van der Waals surface area (Å²) in [5, 5.41) is 9.03. The van der Waals surface area contributed by atoms with E-state index in [-0.39, 0.29) is 5.92 Å². The summed E-state index contributed by atoms with van der Waals surface area (Å²) in [6.45, 7) is 1.94. The second-order valence-corrected chi connectivity index (χ2v) is 4.60. The Morgan fingerprint density at radius 3 is 2.81 bits per heavy atom. The van der Waals surface area contributed by atoms with Crippen molar-refractivity contribution >= 4 is 5.97 Å². The van der Waals surface area contributed by atoms with Gasteiger partial charge in [0.2, 0.25) is 0 Å². The third-order valence-electron chi connectivity index (χ3n) is 3.49. The van der Waals surface area contributed by atoms with Gasteiger partial charge in [-0.15, -0.1) is 0 Å². The molecule has 1 aliphatic carbocycles. The Kier molecular flexibility index (Phi) is 3.28. The standard InChI is InChI=1S/C14H18O2/c1-2-11(14(15)16)8-10-6-7-12-4-3-5-13(12)9-10/h6-7,9,11H,2-5,8H2,1H3,(H,15,16). The molecule has 1 aromatic carbocycles. The second-order valence-electron chi connectivity index (χ2n) is 4.60. The molecule has 1 unspecified atom stereocenters. The van der Waals surface area contributed by atoms with Crippen molar-refractivity contribution in [2.75, 3.05) is 0 Å². The summed E-state index contributed by atoms with van der Waals surface area (Å²) in [6, 6.07) is 6.47. The molecular formula is C14H18O2. The van der Waals surface area contributed by atoms with Gasteiger partial charge in [0.25, 0.3) is 0 Å². The van der Waals surface area contributed by atoms with Crippen molar-refractivity contribution in [1.82, 2.24) is 0 Å². The summed E-state index contributed by atoms with van der Waals surface area (Å²) >= 11 is 0. The topological polar surface area (TPSA) is 37.3 Å². The molecule has 2 rings (SSSR count). The Morgan fingerprint density at radius 2 is 2.12 bits per heavy atom. The van der Waals surface area contributed by atoms with E-state index in [1.165, 1.54) is 29.5 Å². The van der Waals surface area contributed by atoms with E-state index in [9.17, 15) is 4.79 Å². The maximum atomic E-state index is 11.0. The van der Waals surface area contributed by atoms with Gasteiger partial charge in [-0.2, -0.15) is 0 Å². The number of hydrogen-bond donors (Lipinski definition) is 1. The molecule has 1 aromatic rings. The van der Waals surface area contributed by atoms with Gasteiger partial charge in [-0.05, 0) is 48.8 Å². The fraction of sp³-hybridized carbons (Fsp3) is 0.500. The molecule has 16 heavy (non-hydrogen) atoms. The molecule has 1 N–H and O–H groups in total. The average molecular weight is 218 g/mol. The SMILES string of the molecule is CCC(Cc1ccc2c(c1)CCC2)C(=O)O. The van der Waals surface area contributed by atoms with E-state index in [4.69, 9.17) is 5.11 Å². The van der Waals surface area contributed by atoms with Crippen molar-refractivity contribution in [3.8, 4) is 0 Å². The van der Waals surface area contributed by atoms with Gasteiger partial charge >= 0.3 is 5.97 Å². The third-order valence-corrected chi connectivity index (χ3v) is 3.49. The highest BCUT2D eigenvalue weighted by Gasteiger charge is 2.17. The summed E-state index contributed by atoms with van der Waals surface area (Å²) in [4.78, 5) is 11.0. The first-order chi connectivity index (χ1) is 7.70. The van der Waals surface area contributed by atoms with Gasteiger partial charge in [0.05, 0.1) is 5.92 Å². The number of benzene rings is 1. The molecule has 0 amide bonds. The highest BCUT2D eigenvalue weighted by Crippen LogP contribution is 2.24. The zero-order valence-corrected chi connectivity index (χ0v) is 9.70. The summed E-state index contributed by atoms with van der Waals surface area (Å²) in [5.74, 6) is -0.914. The molecule has 86 valence electrons. The molecule has 0 aliphatic heterocycles. The van der Waals surface area contributed by atoms with Crippen LogP contribution in [0, 0.1) is 5.92 Å². The Labute approximate surface area is 96.3 Å². The van der Waals surface area contributed by atoms with E-state index in [2.05, 4.69) is 18.2 Å². The van der Waals surface area contributed by atoms with E-state index < -0.39 is 5.97 Å². The lowest BCUT2D eigenvalue weighted by atomic mass is 9.95. The monoisotopic (exact) mass is 218 g/mol. The van der Waals surface area contributed by atoms with E-state index >= 15 is 0 Å². The largest absolute Gasteiger partial charge is 0.481 e. The lowest BCUT2D eigenvalue weighted by Crippen LogP contribution is -2.15. The van der Waals surface area contributed by atoms with Gasteiger partial charge in [-0.25, -0.2) is 0 Å². The Morgan fingerprint density at radius 1 is 1.38 bits per heavy atom. The molecule has 0 fully saturated rings. The molecule has 0 radical (unpaired) electrons. The molecule has 0 saturated heterocycles. The third kappa shape index (κ3) is 2.26. The lowest BCUT2D eigenvalue weighted by Gasteiger charge is -2.10. The molecule has 0 spiro atoms. The molecular weight excluding hydrogens is 200 g/mol. The zero-order valence-electron chi connectivity index (χ0n) is 9.70. The normalized spacial score (nSPS) is 15.8. The van der Waals surface area contributed by atoms with E-state index in [0.29, 0.717) is 12.8 Å². The van der Waals surface area contributed by atoms with Crippen LogP contribution in [0.4, 0.5) is 0 Å². The molecule has 0 aromatic heterocycles. The van der Waals surface area contributed by atoms with Crippen molar-refractivity contribution in [2.45, 2.75) is 39.0 Å². The molecule has 2 heteroatoms. The first-order valence-electron chi connectivity index (χ1n) is 6.04. The first kappa shape index (κ1) is 11.2. The van der Waals surface area contributed by atoms with Crippen LogP contribution in [-0.4, -0.2) is 11.1 Å². The number of aryl methyl sites for hydroxylation is 2. The number of fused-ring (bicyclic) bond motifs is 1. The minimum atomic E-state index is -0.678. The minimum Gasteiger partial charge on any atom is -0.481 e. The van der Waals surface area contributed by atoms with Gasteiger partial charge in [-0.1, -0.05) is 25.1 Å². The Hall–Kier alpha value is -1.31. The van der Waals surface area contributed by atoms with Crippen LogP contribution in [0.5, 0.6) is 0 Å². The van der Waals surface area contributed by atoms with Gasteiger partial charge in [0, 0.05) is 0 Å². The van der Waals surface area contributed by atoms with Gasteiger partial charge in [0.1, 0.15) is 0 Å². The van der Waals surface area contributed by atoms with Crippen molar-refractivity contribution in [2.24, 2.45) is 5.92 Å². The minimum absolute atomic E-state index is 0.237. The van der Waals surface area contributed by atoms with Crippen LogP contribution in [0.15, 0.2) is 18.2 Å². The average Bonchev–Trinajstić information content (AvgIpc) is 2.72. The van der Waals surface area contributed by atoms with E-state index in [1.54, 1.807) is 0 Å². The Bertz CT molecular complexity index is 396. The molecule has 0 saturated carbocycles. The highest BCUT2D eigenvalue weighted by molar-refractivity contribution is 5.70. The molecule has 0 bridgehead atoms. The maximum absolute atomic E-state index is 11.0. The lowest BCUT2D eigenvalue weighted by molar-refractivity contribution is -0.141. The van der Waals surface area contributed by atoms with Crippen LogP contribution < -0.4 is 0 Å². The van der Waals surface area contributed by atoms with Crippen LogP contribution in [0.25, 0.3) is 0 Å². The molecule has 1 aliphatic rings. The number of hydrogen-bond acceptors (Lipinski definition) is 1. The number of carboxylic acids is 1. The Balaban J connectivity index is 2.13. The molecule has 1 atom stereocenters. The fourth-order valence-corrected chi connectivity index (χ4v) is 2.44. The summed E-state index contributed by atoms with van der Waals surface area (Å²) in [5.41, 5.74) is 4.06. The van der Waals surface area contributed by atoms with Crippen LogP contribution in [0.1, 0.15) is 36.5 Å². The summed E-state index contributed by atoms with van der Waals surface area (Å²) in [7, 11) is 0. The van der Waals surface area contributed by atoms with Crippen molar-refractivity contribution in [3.05, 3.63) is 34.9 Å². The van der Waals surface area contributed by atoms with Crippen LogP contribution in [0.2, 0.25) is 0 Å². The van der Waals surface area contributed by atoms with Crippen LogP contribution >= 0.6 is 0 Å². The van der Waals surface area contributed by atoms with Gasteiger partial charge in [-0.3, -0.25) is 4.79 Å². The number of carbonyl (C=O) groups is 1. The second kappa shape index (κ2) is 4.69. The highest BCUT2D eigenvalue weighted by atomic mass is 16.4. The summed E-state index contributed by atoms with van der Waals surface area (Å²) in [6.07, 6.45) is 4.96. The number of carboxylic acid groups (broad SMARTS) is 1. The zero-order chi connectivity index (χ0) is 11.5. The van der Waals surface area contributed by atoms with Crippen molar-refractivity contribution in [1.29, 1.82) is 0 Å². The fourth-order valence-electron chi connectivity index (χ4n) is 2.44. The van der Waals surface area contributed by atoms with E-state index in [1.807, 2.05) is 6.92 Å².